The predicted molar refractivity (Wildman–Crippen MR) is 68.7 cm³/mol. The molecule has 3 amide bonds. The number of hydrogen-bond donors (Lipinski definition) is 2. The van der Waals surface area contributed by atoms with Crippen molar-refractivity contribution >= 4 is 17.9 Å². The van der Waals surface area contributed by atoms with Gasteiger partial charge < -0.3 is 20.2 Å². The molecular formula is C12H21N3O4. The molecular weight excluding hydrogens is 250 g/mol. The van der Waals surface area contributed by atoms with Crippen LogP contribution in [0.25, 0.3) is 0 Å². The van der Waals surface area contributed by atoms with E-state index in [0.29, 0.717) is 19.5 Å². The number of piperazine rings is 1. The molecule has 1 aliphatic rings. The molecule has 108 valence electrons. The Hall–Kier alpha value is -1.79. The highest BCUT2D eigenvalue weighted by Crippen LogP contribution is 2.05. The van der Waals surface area contributed by atoms with E-state index in [-0.39, 0.29) is 12.5 Å². The van der Waals surface area contributed by atoms with Gasteiger partial charge in [0.15, 0.2) is 0 Å². The molecule has 1 aliphatic heterocycles. The quantitative estimate of drug-likeness (QED) is 0.743. The summed E-state index contributed by atoms with van der Waals surface area (Å²) in [6.07, 6.45) is 2.00. The highest BCUT2D eigenvalue weighted by atomic mass is 16.4. The number of carboxylic acid groups (broad SMARTS) is 1. The highest BCUT2D eigenvalue weighted by Gasteiger charge is 2.27. The molecule has 1 atom stereocenters. The molecule has 1 rings (SSSR count). The summed E-state index contributed by atoms with van der Waals surface area (Å²) in [6.45, 7) is 2.86. The zero-order chi connectivity index (χ0) is 14.4. The van der Waals surface area contributed by atoms with Crippen LogP contribution in [-0.4, -0.2) is 65.5 Å². The standard InChI is InChI=1S/C12H21N3O4/c1-3-4-5-9(11(17)18)13-12(19)15-7-6-14(2)10(16)8-15/h9H,3-8H2,1-2H3,(H,13,19)(H,17,18). The van der Waals surface area contributed by atoms with Gasteiger partial charge in [0.25, 0.3) is 0 Å². The number of carbonyl (C=O) groups excluding carboxylic acids is 2. The van der Waals surface area contributed by atoms with E-state index < -0.39 is 18.0 Å². The number of unbranched alkanes of at least 4 members (excludes halogenated alkanes) is 1. The van der Waals surface area contributed by atoms with Crippen LogP contribution in [0.2, 0.25) is 0 Å². The van der Waals surface area contributed by atoms with Crippen molar-refractivity contribution < 1.29 is 19.5 Å². The molecule has 0 radical (unpaired) electrons. The summed E-state index contributed by atoms with van der Waals surface area (Å²) in [7, 11) is 1.68. The van der Waals surface area contributed by atoms with Gasteiger partial charge >= 0.3 is 12.0 Å². The minimum atomic E-state index is -1.04. The molecule has 0 aromatic rings. The van der Waals surface area contributed by atoms with Gasteiger partial charge in [0, 0.05) is 20.1 Å². The first-order valence-electron chi connectivity index (χ1n) is 6.48. The van der Waals surface area contributed by atoms with Crippen molar-refractivity contribution in [3.8, 4) is 0 Å². The largest absolute Gasteiger partial charge is 0.480 e. The lowest BCUT2D eigenvalue weighted by Crippen LogP contribution is -2.55. The third kappa shape index (κ3) is 4.42. The number of likely N-dealkylation sites (N-methyl/N-ethyl adjacent to an activating group) is 1. The Labute approximate surface area is 112 Å². The second-order valence-electron chi connectivity index (χ2n) is 4.72. The number of rotatable bonds is 5. The van der Waals surface area contributed by atoms with Crippen molar-refractivity contribution in [2.24, 2.45) is 0 Å². The van der Waals surface area contributed by atoms with Gasteiger partial charge in [-0.15, -0.1) is 0 Å². The molecule has 1 fully saturated rings. The molecule has 0 aliphatic carbocycles. The van der Waals surface area contributed by atoms with Crippen molar-refractivity contribution in [1.82, 2.24) is 15.1 Å². The van der Waals surface area contributed by atoms with Crippen molar-refractivity contribution in [2.75, 3.05) is 26.7 Å². The van der Waals surface area contributed by atoms with Crippen molar-refractivity contribution in [3.05, 3.63) is 0 Å². The third-order valence-electron chi connectivity index (χ3n) is 3.19. The minimum Gasteiger partial charge on any atom is -0.480 e. The van der Waals surface area contributed by atoms with Gasteiger partial charge in [-0.1, -0.05) is 19.8 Å². The zero-order valence-electron chi connectivity index (χ0n) is 11.4. The van der Waals surface area contributed by atoms with E-state index in [9.17, 15) is 14.4 Å². The second kappa shape index (κ2) is 6.96. The molecule has 19 heavy (non-hydrogen) atoms. The first-order valence-corrected chi connectivity index (χ1v) is 6.48. The summed E-state index contributed by atoms with van der Waals surface area (Å²) < 4.78 is 0. The Kier molecular flexibility index (Phi) is 5.59. The van der Waals surface area contributed by atoms with Gasteiger partial charge in [-0.05, 0) is 6.42 Å². The van der Waals surface area contributed by atoms with E-state index in [4.69, 9.17) is 5.11 Å². The molecule has 0 saturated carbocycles. The number of nitrogens with one attached hydrogen (secondary N) is 1. The summed E-state index contributed by atoms with van der Waals surface area (Å²) in [6, 6.07) is -1.37. The number of hydrogen-bond acceptors (Lipinski definition) is 3. The Morgan fingerprint density at radius 2 is 2.11 bits per heavy atom. The number of nitrogens with zero attached hydrogens (tertiary/aromatic N) is 2. The number of aliphatic carboxylic acids is 1. The lowest BCUT2D eigenvalue weighted by molar-refractivity contribution is -0.139. The van der Waals surface area contributed by atoms with Crippen LogP contribution in [0.5, 0.6) is 0 Å². The van der Waals surface area contributed by atoms with Crippen LogP contribution in [0.15, 0.2) is 0 Å². The zero-order valence-corrected chi connectivity index (χ0v) is 11.4. The molecule has 1 heterocycles. The summed E-state index contributed by atoms with van der Waals surface area (Å²) in [5.74, 6) is -1.18. The van der Waals surface area contributed by atoms with Crippen LogP contribution >= 0.6 is 0 Å². The maximum absolute atomic E-state index is 11.9. The monoisotopic (exact) mass is 271 g/mol. The Morgan fingerprint density at radius 1 is 1.42 bits per heavy atom. The maximum Gasteiger partial charge on any atom is 0.326 e. The van der Waals surface area contributed by atoms with Crippen molar-refractivity contribution in [2.45, 2.75) is 32.2 Å². The van der Waals surface area contributed by atoms with Crippen LogP contribution in [0.3, 0.4) is 0 Å². The Balaban J connectivity index is 2.52. The second-order valence-corrected chi connectivity index (χ2v) is 4.72. The van der Waals surface area contributed by atoms with Gasteiger partial charge in [0.2, 0.25) is 5.91 Å². The van der Waals surface area contributed by atoms with Crippen LogP contribution in [-0.2, 0) is 9.59 Å². The first kappa shape index (κ1) is 15.3. The van der Waals surface area contributed by atoms with Gasteiger partial charge in [0.1, 0.15) is 12.6 Å². The average molecular weight is 271 g/mol. The van der Waals surface area contributed by atoms with Crippen molar-refractivity contribution in [1.29, 1.82) is 0 Å². The van der Waals surface area contributed by atoms with E-state index >= 15 is 0 Å². The topological polar surface area (TPSA) is 90.0 Å². The van der Waals surface area contributed by atoms with E-state index in [2.05, 4.69) is 5.32 Å². The van der Waals surface area contributed by atoms with E-state index in [0.717, 1.165) is 12.8 Å². The normalized spacial score (nSPS) is 17.3. The summed E-state index contributed by atoms with van der Waals surface area (Å²) >= 11 is 0. The highest BCUT2D eigenvalue weighted by molar-refractivity contribution is 5.87. The molecule has 7 heteroatoms. The van der Waals surface area contributed by atoms with E-state index in [1.807, 2.05) is 6.92 Å². The smallest absolute Gasteiger partial charge is 0.326 e. The number of carbonyl (C=O) groups is 3. The van der Waals surface area contributed by atoms with E-state index in [1.165, 1.54) is 4.90 Å². The molecule has 0 spiro atoms. The fourth-order valence-electron chi connectivity index (χ4n) is 1.84. The molecule has 1 saturated heterocycles. The van der Waals surface area contributed by atoms with E-state index in [1.54, 1.807) is 11.9 Å². The van der Waals surface area contributed by atoms with Crippen molar-refractivity contribution in [3.63, 3.8) is 0 Å². The molecule has 7 nitrogen and oxygen atoms in total. The molecule has 0 aromatic carbocycles. The molecule has 1 unspecified atom stereocenters. The number of carboxylic acids is 1. The SMILES string of the molecule is CCCCC(NC(=O)N1CCN(C)C(=O)C1)C(=O)O. The lowest BCUT2D eigenvalue weighted by Gasteiger charge is -2.32. The molecule has 0 bridgehead atoms. The minimum absolute atomic E-state index is 0.00243. The molecule has 2 N–H and O–H groups in total. The Morgan fingerprint density at radius 3 is 2.63 bits per heavy atom. The Bertz CT molecular complexity index is 359. The lowest BCUT2D eigenvalue weighted by atomic mass is 10.1. The summed E-state index contributed by atoms with van der Waals surface area (Å²) in [5.41, 5.74) is 0. The van der Waals surface area contributed by atoms with Gasteiger partial charge in [-0.2, -0.15) is 0 Å². The summed E-state index contributed by atoms with van der Waals surface area (Å²) in [5, 5.41) is 11.5. The first-order chi connectivity index (χ1) is 8.95. The van der Waals surface area contributed by atoms with Crippen LogP contribution < -0.4 is 5.32 Å². The average Bonchev–Trinajstić information content (AvgIpc) is 2.37. The number of amides is 3. The maximum atomic E-state index is 11.9. The number of urea groups is 1. The fraction of sp³-hybridized carbons (Fsp3) is 0.750. The van der Waals surface area contributed by atoms with Crippen LogP contribution in [0.4, 0.5) is 4.79 Å². The molecule has 0 aromatic heterocycles. The van der Waals surface area contributed by atoms with Crippen LogP contribution in [0, 0.1) is 0 Å². The predicted octanol–water partition coefficient (Wildman–Crippen LogP) is 0.113. The van der Waals surface area contributed by atoms with Gasteiger partial charge in [0.05, 0.1) is 0 Å². The fourth-order valence-corrected chi connectivity index (χ4v) is 1.84. The van der Waals surface area contributed by atoms with Crippen LogP contribution in [0.1, 0.15) is 26.2 Å². The third-order valence-corrected chi connectivity index (χ3v) is 3.19. The van der Waals surface area contributed by atoms with Gasteiger partial charge in [-0.3, -0.25) is 4.79 Å². The summed E-state index contributed by atoms with van der Waals surface area (Å²) in [4.78, 5) is 37.3. The van der Waals surface area contributed by atoms with Gasteiger partial charge in [-0.25, -0.2) is 9.59 Å².